The van der Waals surface area contributed by atoms with E-state index < -0.39 is 0 Å². The monoisotopic (exact) mass is 630 g/mol. The van der Waals surface area contributed by atoms with E-state index in [0.29, 0.717) is 6.54 Å². The van der Waals surface area contributed by atoms with E-state index in [1.165, 1.54) is 83.2 Å². The van der Waals surface area contributed by atoms with Gasteiger partial charge in [-0.05, 0) is 90.1 Å². The number of fused-ring (bicyclic) bond motifs is 11. The van der Waals surface area contributed by atoms with Gasteiger partial charge in [-0.2, -0.15) is 5.10 Å². The first-order valence-corrected chi connectivity index (χ1v) is 17.2. The minimum atomic E-state index is 0.647. The predicted molar refractivity (Wildman–Crippen MR) is 205 cm³/mol. The Morgan fingerprint density at radius 3 is 2.37 bits per heavy atom. The molecule has 49 heavy (non-hydrogen) atoms. The van der Waals surface area contributed by atoms with Crippen molar-refractivity contribution in [3.05, 3.63) is 162 Å². The molecule has 0 atom stereocenters. The van der Waals surface area contributed by atoms with E-state index in [1.807, 2.05) is 25.1 Å². The molecule has 0 amide bonds. The fourth-order valence-corrected chi connectivity index (χ4v) is 8.18. The SMILES string of the molecule is C/C(=N\NCc1cccc(-n2c3c(c4cc5c(cc42)-c2ccccc2-n2c4ccccc4c4cccc-5c42)CCC=C3)c1)c1ccccc1. The standard InChI is InChI=1S/C45H34N4/c1-29(31-14-3-2-4-15-31)47-46-28-30-13-11-16-32(25-30)48-41-22-8-7-19-35(41)40-26-38-37-21-12-20-36-33-17-5-9-23-42(33)49(45(36)37)43-24-10-6-18-34(43)39(38)27-44(40)48/h2-6,8-18,20-27,46H,7,19,28H2,1H3/b47-29+. The maximum absolute atomic E-state index is 4.67. The van der Waals surface area contributed by atoms with E-state index in [-0.39, 0.29) is 0 Å². The number of hydrogen-bond donors (Lipinski definition) is 1. The molecule has 234 valence electrons. The smallest absolute Gasteiger partial charge is 0.0644 e. The Morgan fingerprint density at radius 1 is 0.653 bits per heavy atom. The van der Waals surface area contributed by atoms with Gasteiger partial charge in [0.05, 0.1) is 34.5 Å². The van der Waals surface area contributed by atoms with Gasteiger partial charge >= 0.3 is 0 Å². The number of aromatic nitrogens is 2. The van der Waals surface area contributed by atoms with Crippen LogP contribution in [0.3, 0.4) is 0 Å². The zero-order chi connectivity index (χ0) is 32.5. The molecule has 8 aromatic rings. The third-order valence-corrected chi connectivity index (χ3v) is 10.4. The second kappa shape index (κ2) is 11.0. The van der Waals surface area contributed by atoms with Gasteiger partial charge in [-0.15, -0.1) is 0 Å². The lowest BCUT2D eigenvalue weighted by molar-refractivity contribution is 0.743. The first-order valence-electron chi connectivity index (χ1n) is 17.2. The molecule has 3 heterocycles. The summed E-state index contributed by atoms with van der Waals surface area (Å²) in [6.45, 7) is 2.69. The van der Waals surface area contributed by atoms with Crippen LogP contribution in [0.25, 0.3) is 72.4 Å². The van der Waals surface area contributed by atoms with Gasteiger partial charge in [0, 0.05) is 38.7 Å². The van der Waals surface area contributed by atoms with Crippen molar-refractivity contribution in [2.45, 2.75) is 26.3 Å². The van der Waals surface area contributed by atoms with Gasteiger partial charge in [0.1, 0.15) is 0 Å². The molecule has 0 fully saturated rings. The molecule has 4 heteroatoms. The highest BCUT2D eigenvalue weighted by atomic mass is 15.3. The lowest BCUT2D eigenvalue weighted by atomic mass is 9.91. The van der Waals surface area contributed by atoms with E-state index in [0.717, 1.165) is 24.1 Å². The van der Waals surface area contributed by atoms with Gasteiger partial charge in [-0.25, -0.2) is 0 Å². The number of hydrogen-bond acceptors (Lipinski definition) is 2. The van der Waals surface area contributed by atoms with Crippen LogP contribution in [0.1, 0.15) is 35.7 Å². The molecular formula is C45H34N4. The number of nitrogens with one attached hydrogen (secondary N) is 1. The largest absolute Gasteiger partial charge is 0.310 e. The molecular weight excluding hydrogens is 597 g/mol. The Balaban J connectivity index is 1.17. The minimum absolute atomic E-state index is 0.647. The number of allylic oxidation sites excluding steroid dienone is 1. The number of nitrogens with zero attached hydrogens (tertiary/aromatic N) is 3. The molecule has 0 saturated heterocycles. The van der Waals surface area contributed by atoms with Crippen molar-refractivity contribution in [3.63, 3.8) is 0 Å². The zero-order valence-corrected chi connectivity index (χ0v) is 27.3. The van der Waals surface area contributed by atoms with E-state index in [4.69, 9.17) is 0 Å². The van der Waals surface area contributed by atoms with Crippen molar-refractivity contribution in [1.29, 1.82) is 0 Å². The summed E-state index contributed by atoms with van der Waals surface area (Å²) in [5.41, 5.74) is 20.6. The summed E-state index contributed by atoms with van der Waals surface area (Å²) in [4.78, 5) is 0. The maximum Gasteiger partial charge on any atom is 0.0644 e. The van der Waals surface area contributed by atoms with Crippen LogP contribution < -0.4 is 5.43 Å². The number of rotatable bonds is 5. The highest BCUT2D eigenvalue weighted by Gasteiger charge is 2.27. The lowest BCUT2D eigenvalue weighted by Gasteiger charge is -2.15. The van der Waals surface area contributed by atoms with Crippen LogP contribution in [-0.2, 0) is 13.0 Å². The van der Waals surface area contributed by atoms with Crippen molar-refractivity contribution in [2.75, 3.05) is 0 Å². The van der Waals surface area contributed by atoms with Crippen LogP contribution in [0.2, 0.25) is 0 Å². The fraction of sp³-hybridized carbons (Fsp3) is 0.0889. The Hall–Kier alpha value is -6.13. The van der Waals surface area contributed by atoms with Crippen LogP contribution in [-0.4, -0.2) is 14.8 Å². The van der Waals surface area contributed by atoms with Gasteiger partial charge in [0.25, 0.3) is 0 Å². The maximum atomic E-state index is 4.67. The molecule has 0 spiro atoms. The average Bonchev–Trinajstić information content (AvgIpc) is 3.63. The Bertz CT molecular complexity index is 2670. The lowest BCUT2D eigenvalue weighted by Crippen LogP contribution is -2.10. The van der Waals surface area contributed by atoms with Gasteiger partial charge in [0.15, 0.2) is 0 Å². The molecule has 4 nitrogen and oxygen atoms in total. The minimum Gasteiger partial charge on any atom is -0.310 e. The molecule has 2 aromatic heterocycles. The molecule has 2 aliphatic rings. The van der Waals surface area contributed by atoms with Crippen molar-refractivity contribution < 1.29 is 0 Å². The summed E-state index contributed by atoms with van der Waals surface area (Å²) >= 11 is 0. The highest BCUT2D eigenvalue weighted by Crippen LogP contribution is 2.49. The Morgan fingerprint density at radius 2 is 1.43 bits per heavy atom. The van der Waals surface area contributed by atoms with Crippen LogP contribution >= 0.6 is 0 Å². The van der Waals surface area contributed by atoms with Crippen LogP contribution in [0.4, 0.5) is 0 Å². The van der Waals surface area contributed by atoms with Crippen LogP contribution in [0.15, 0.2) is 145 Å². The Kier molecular flexibility index (Phi) is 6.25. The normalized spacial score (nSPS) is 13.4. The first-order chi connectivity index (χ1) is 24.2. The second-order valence-corrected chi connectivity index (χ2v) is 13.2. The summed E-state index contributed by atoms with van der Waals surface area (Å²) in [7, 11) is 0. The van der Waals surface area contributed by atoms with Crippen LogP contribution in [0.5, 0.6) is 0 Å². The first kappa shape index (κ1) is 27.9. The molecule has 0 bridgehead atoms. The second-order valence-electron chi connectivity index (χ2n) is 13.2. The van der Waals surface area contributed by atoms with Gasteiger partial charge in [0.2, 0.25) is 0 Å². The highest BCUT2D eigenvalue weighted by molar-refractivity contribution is 6.17. The summed E-state index contributed by atoms with van der Waals surface area (Å²) in [6.07, 6.45) is 6.74. The molecule has 1 aliphatic heterocycles. The van der Waals surface area contributed by atoms with Crippen molar-refractivity contribution in [1.82, 2.24) is 14.6 Å². The van der Waals surface area contributed by atoms with Crippen LogP contribution in [0, 0.1) is 0 Å². The summed E-state index contributed by atoms with van der Waals surface area (Å²) in [5, 5.41) is 8.60. The van der Waals surface area contributed by atoms with Crippen molar-refractivity contribution in [2.24, 2.45) is 5.10 Å². The van der Waals surface area contributed by atoms with E-state index in [2.05, 4.69) is 147 Å². The van der Waals surface area contributed by atoms with Gasteiger partial charge in [-0.3, -0.25) is 0 Å². The van der Waals surface area contributed by atoms with Crippen molar-refractivity contribution in [3.8, 4) is 33.6 Å². The molecule has 0 radical (unpaired) electrons. The van der Waals surface area contributed by atoms with E-state index in [9.17, 15) is 0 Å². The molecule has 0 unspecified atom stereocenters. The third-order valence-electron chi connectivity index (χ3n) is 10.4. The fourth-order valence-electron chi connectivity index (χ4n) is 8.18. The Labute approximate surface area is 285 Å². The van der Waals surface area contributed by atoms with E-state index >= 15 is 0 Å². The summed E-state index contributed by atoms with van der Waals surface area (Å²) in [5.74, 6) is 0. The summed E-state index contributed by atoms with van der Waals surface area (Å²) < 4.78 is 4.97. The zero-order valence-electron chi connectivity index (χ0n) is 27.3. The van der Waals surface area contributed by atoms with Gasteiger partial charge in [-0.1, -0.05) is 103 Å². The number of hydrazone groups is 1. The quantitative estimate of drug-likeness (QED) is 0.149. The topological polar surface area (TPSA) is 34.2 Å². The summed E-state index contributed by atoms with van der Waals surface area (Å²) in [6, 6.07) is 48.7. The molecule has 6 aromatic carbocycles. The molecule has 1 N–H and O–H groups in total. The number of para-hydroxylation sites is 3. The average molecular weight is 631 g/mol. The number of aryl methyl sites for hydroxylation is 1. The number of benzene rings is 6. The molecule has 0 saturated carbocycles. The predicted octanol–water partition coefficient (Wildman–Crippen LogP) is 10.8. The molecule has 1 aliphatic carbocycles. The van der Waals surface area contributed by atoms with E-state index in [1.54, 1.807) is 0 Å². The molecule has 10 rings (SSSR count). The van der Waals surface area contributed by atoms with Crippen molar-refractivity contribution >= 4 is 44.5 Å². The third kappa shape index (κ3) is 4.27. The van der Waals surface area contributed by atoms with Gasteiger partial charge < -0.3 is 14.6 Å².